The zero-order valence-corrected chi connectivity index (χ0v) is 11.0. The Bertz CT molecular complexity index is 481. The van der Waals surface area contributed by atoms with E-state index in [4.69, 9.17) is 14.8 Å². The highest BCUT2D eigenvalue weighted by atomic mass is 32.1. The maximum atomic E-state index is 9.12. The van der Waals surface area contributed by atoms with Crippen molar-refractivity contribution in [3.63, 3.8) is 0 Å². The van der Waals surface area contributed by atoms with Crippen LogP contribution in [0.3, 0.4) is 0 Å². The molecule has 0 aliphatic carbocycles. The Balaban J connectivity index is 0.000000771. The van der Waals surface area contributed by atoms with E-state index in [1.54, 1.807) is 24.5 Å². The van der Waals surface area contributed by atoms with E-state index in [-0.39, 0.29) is 11.2 Å². The first kappa shape index (κ1) is 14.6. The number of allylic oxidation sites excluding steroid dienone is 3. The lowest BCUT2D eigenvalue weighted by Gasteiger charge is -2.15. The largest absolute Gasteiger partial charge is 0.492 e. The second-order valence-electron chi connectivity index (χ2n) is 3.42. The molecule has 2 N–H and O–H groups in total. The van der Waals surface area contributed by atoms with Gasteiger partial charge in [0.2, 0.25) is 0 Å². The normalized spacial score (nSPS) is 17.8. The van der Waals surface area contributed by atoms with Gasteiger partial charge >= 0.3 is 7.12 Å². The Morgan fingerprint density at radius 2 is 1.89 bits per heavy atom. The summed E-state index contributed by atoms with van der Waals surface area (Å²) in [6.45, 7) is 3.67. The summed E-state index contributed by atoms with van der Waals surface area (Å²) in [5.41, 5.74) is 1.18. The van der Waals surface area contributed by atoms with E-state index in [2.05, 4.69) is 19.2 Å². The van der Waals surface area contributed by atoms with Gasteiger partial charge in [-0.05, 0) is 12.3 Å². The third kappa shape index (κ3) is 3.53. The highest BCUT2D eigenvalue weighted by Crippen LogP contribution is 2.26. The van der Waals surface area contributed by atoms with E-state index in [0.717, 1.165) is 5.56 Å². The van der Waals surface area contributed by atoms with Crippen molar-refractivity contribution in [1.29, 1.82) is 0 Å². The topological polar surface area (TPSA) is 49.7 Å². The molecule has 3 nitrogen and oxygen atoms in total. The first-order valence-corrected chi connectivity index (χ1v) is 6.23. The first-order chi connectivity index (χ1) is 8.68. The van der Waals surface area contributed by atoms with Crippen LogP contribution in [-0.2, 0) is 0 Å². The van der Waals surface area contributed by atoms with Gasteiger partial charge in [0.05, 0.1) is 0 Å². The molecule has 94 valence electrons. The molecule has 0 atom stereocenters. The lowest BCUT2D eigenvalue weighted by Crippen LogP contribution is -2.19. The maximum absolute atomic E-state index is 9.12. The van der Waals surface area contributed by atoms with Gasteiger partial charge in [0.25, 0.3) is 0 Å². The minimum atomic E-state index is -1.58. The number of hydrogen-bond acceptors (Lipinski definition) is 4. The number of thiol groups is 1. The van der Waals surface area contributed by atoms with Gasteiger partial charge in [0.1, 0.15) is 11.5 Å². The summed E-state index contributed by atoms with van der Waals surface area (Å²) >= 11 is 3.53. The minimum Gasteiger partial charge on any atom is -0.458 e. The van der Waals surface area contributed by atoms with Gasteiger partial charge in [-0.25, -0.2) is 0 Å². The molecule has 1 aliphatic rings. The molecule has 1 aromatic rings. The molecular weight excluding hydrogens is 247 g/mol. The molecule has 0 saturated carbocycles. The lowest BCUT2D eigenvalue weighted by molar-refractivity contribution is 0.399. The summed E-state index contributed by atoms with van der Waals surface area (Å²) in [4.78, 5) is 0. The van der Waals surface area contributed by atoms with Gasteiger partial charge in [-0.3, -0.25) is 0 Å². The van der Waals surface area contributed by atoms with Crippen molar-refractivity contribution in [2.45, 2.75) is 0 Å². The molecule has 0 bridgehead atoms. The van der Waals surface area contributed by atoms with Crippen LogP contribution in [-0.4, -0.2) is 23.4 Å². The van der Waals surface area contributed by atoms with E-state index in [9.17, 15) is 0 Å². The van der Waals surface area contributed by atoms with E-state index < -0.39 is 7.12 Å². The number of ether oxygens (including phenoxy) is 1. The monoisotopic (exact) mass is 262 g/mol. The molecule has 0 unspecified atom stereocenters. The Morgan fingerprint density at radius 1 is 1.22 bits per heavy atom. The molecule has 1 aromatic carbocycles. The van der Waals surface area contributed by atoms with Crippen LogP contribution in [0, 0.1) is 0 Å². The van der Waals surface area contributed by atoms with Gasteiger partial charge in [-0.2, -0.15) is 12.6 Å². The van der Waals surface area contributed by atoms with Crippen LogP contribution >= 0.6 is 12.6 Å². The van der Waals surface area contributed by atoms with Crippen molar-refractivity contribution in [3.05, 3.63) is 59.8 Å². The van der Waals surface area contributed by atoms with Crippen molar-refractivity contribution in [1.82, 2.24) is 0 Å². The molecule has 18 heavy (non-hydrogen) atoms. The molecule has 0 amide bonds. The van der Waals surface area contributed by atoms with Crippen LogP contribution in [0.2, 0.25) is 0 Å². The Morgan fingerprint density at radius 3 is 2.56 bits per heavy atom. The predicted octanol–water partition coefficient (Wildman–Crippen LogP) is 2.09. The van der Waals surface area contributed by atoms with Crippen molar-refractivity contribution in [3.8, 4) is 5.75 Å². The number of fused-ring (bicyclic) bond motifs is 1. The van der Waals surface area contributed by atoms with Crippen LogP contribution in [0.1, 0.15) is 5.56 Å². The number of benzene rings is 1. The number of rotatable bonds is 1. The van der Waals surface area contributed by atoms with E-state index in [1.165, 1.54) is 0 Å². The van der Waals surface area contributed by atoms with E-state index in [1.807, 2.05) is 24.3 Å². The highest BCUT2D eigenvalue weighted by molar-refractivity contribution is 7.79. The van der Waals surface area contributed by atoms with Gasteiger partial charge in [0, 0.05) is 11.0 Å². The second kappa shape index (κ2) is 7.11. The van der Waals surface area contributed by atoms with Crippen molar-refractivity contribution in [2.24, 2.45) is 0 Å². The molecule has 1 aliphatic heterocycles. The number of hydrogen-bond donors (Lipinski definition) is 3. The minimum absolute atomic E-state index is 0.242. The average molecular weight is 262 g/mol. The molecule has 5 heteroatoms. The molecule has 0 spiro atoms. The Hall–Kier alpha value is -1.43. The fourth-order valence-electron chi connectivity index (χ4n) is 1.48. The number of para-hydroxylation sites is 1. The van der Waals surface area contributed by atoms with Gasteiger partial charge in [0.15, 0.2) is 0 Å². The summed E-state index contributed by atoms with van der Waals surface area (Å²) in [6, 6.07) is 7.47. The Kier molecular flexibility index (Phi) is 5.78. The Labute approximate surface area is 113 Å². The SMILES string of the molecule is C=C1Oc2ccccc2/C=C\C=C/1B(O)O.CS. The van der Waals surface area contributed by atoms with Crippen LogP contribution in [0.4, 0.5) is 0 Å². The van der Waals surface area contributed by atoms with Crippen molar-refractivity contribution < 1.29 is 14.8 Å². The van der Waals surface area contributed by atoms with Crippen LogP contribution in [0.25, 0.3) is 6.08 Å². The zero-order chi connectivity index (χ0) is 13.5. The highest BCUT2D eigenvalue weighted by Gasteiger charge is 2.20. The molecule has 0 radical (unpaired) electrons. The standard InChI is InChI=1S/C12H11BO3.CH4S/c1-9-11(13(14)15)7-4-6-10-5-2-3-8-12(10)16-9;1-2/h2-8,14-15H,1H2;2H,1H3/b6-4-,11-7+;. The summed E-state index contributed by atoms with van der Waals surface area (Å²) in [6.07, 6.45) is 6.84. The third-order valence-corrected chi connectivity index (χ3v) is 2.30. The molecule has 1 heterocycles. The van der Waals surface area contributed by atoms with E-state index >= 15 is 0 Å². The lowest BCUT2D eigenvalue weighted by atomic mass is 9.77. The fourth-order valence-corrected chi connectivity index (χ4v) is 1.48. The second-order valence-corrected chi connectivity index (χ2v) is 3.42. The zero-order valence-electron chi connectivity index (χ0n) is 10.1. The van der Waals surface area contributed by atoms with Crippen molar-refractivity contribution in [2.75, 3.05) is 6.26 Å². The van der Waals surface area contributed by atoms with Gasteiger partial charge in [-0.1, -0.05) is 43.0 Å². The summed E-state index contributed by atoms with van der Waals surface area (Å²) < 4.78 is 5.48. The summed E-state index contributed by atoms with van der Waals surface area (Å²) in [7, 11) is -1.58. The molecule has 0 fully saturated rings. The average Bonchev–Trinajstić information content (AvgIpc) is 2.35. The van der Waals surface area contributed by atoms with Crippen molar-refractivity contribution >= 4 is 25.8 Å². The van der Waals surface area contributed by atoms with Crippen LogP contribution in [0.5, 0.6) is 5.75 Å². The predicted molar refractivity (Wildman–Crippen MR) is 78.4 cm³/mol. The smallest absolute Gasteiger partial charge is 0.458 e. The van der Waals surface area contributed by atoms with Gasteiger partial charge < -0.3 is 14.8 Å². The maximum Gasteiger partial charge on any atom is 0.492 e. The molecule has 0 saturated heterocycles. The van der Waals surface area contributed by atoms with Crippen LogP contribution in [0.15, 0.2) is 54.2 Å². The first-order valence-electron chi connectivity index (χ1n) is 5.34. The third-order valence-electron chi connectivity index (χ3n) is 2.30. The fraction of sp³-hybridized carbons (Fsp3) is 0.0769. The molecule has 0 aromatic heterocycles. The quantitative estimate of drug-likeness (QED) is 0.536. The summed E-state index contributed by atoms with van der Waals surface area (Å²) in [5.74, 6) is 0.891. The van der Waals surface area contributed by atoms with Gasteiger partial charge in [-0.15, -0.1) is 0 Å². The summed E-state index contributed by atoms with van der Waals surface area (Å²) in [5, 5.41) is 18.2. The van der Waals surface area contributed by atoms with E-state index in [0.29, 0.717) is 5.75 Å². The molecular formula is C13H15BO3S. The molecule has 2 rings (SSSR count). The van der Waals surface area contributed by atoms with Crippen LogP contribution < -0.4 is 4.74 Å².